The highest BCUT2D eigenvalue weighted by atomic mass is 32.2. The van der Waals surface area contributed by atoms with Crippen LogP contribution in [0.5, 0.6) is 0 Å². The summed E-state index contributed by atoms with van der Waals surface area (Å²) in [5, 5.41) is 2.86. The summed E-state index contributed by atoms with van der Waals surface area (Å²) in [6.07, 6.45) is 0.0514. The summed E-state index contributed by atoms with van der Waals surface area (Å²) in [5.41, 5.74) is 0. The molecule has 5 nitrogen and oxygen atoms in total. The predicted octanol–water partition coefficient (Wildman–Crippen LogP) is -0.185. The monoisotopic (exact) mass is 251 g/mol. The van der Waals surface area contributed by atoms with Crippen LogP contribution in [0.4, 0.5) is 0 Å². The summed E-state index contributed by atoms with van der Waals surface area (Å²) in [6, 6.07) is 0. The van der Waals surface area contributed by atoms with Crippen molar-refractivity contribution in [2.75, 3.05) is 38.7 Å². The molecule has 0 aromatic rings. The van der Waals surface area contributed by atoms with Gasteiger partial charge in [0.25, 0.3) is 0 Å². The first kappa shape index (κ1) is 13.9. The van der Waals surface area contributed by atoms with Gasteiger partial charge in [0.05, 0.1) is 36.9 Å². The maximum absolute atomic E-state index is 11.5. The Bertz CT molecular complexity index is 283. The number of rotatable bonds is 6. The van der Waals surface area contributed by atoms with Gasteiger partial charge in [0, 0.05) is 13.1 Å². The van der Waals surface area contributed by atoms with Crippen molar-refractivity contribution in [3.8, 4) is 0 Å². The maximum atomic E-state index is 11.5. The Hall–Kier alpha value is -0.170. The molecule has 1 N–H and O–H groups in total. The fraction of sp³-hybridized carbons (Fsp3) is 1.00. The lowest BCUT2D eigenvalue weighted by Crippen LogP contribution is -2.41. The van der Waals surface area contributed by atoms with E-state index in [1.54, 1.807) is 13.8 Å². The second-order valence-electron chi connectivity index (χ2n) is 4.19. The Kier molecular flexibility index (Phi) is 5.68. The minimum Gasteiger partial charge on any atom is -0.378 e. The van der Waals surface area contributed by atoms with E-state index in [4.69, 9.17) is 9.47 Å². The van der Waals surface area contributed by atoms with Gasteiger partial charge in [0.15, 0.2) is 9.84 Å². The lowest BCUT2D eigenvalue weighted by atomic mass is 10.3. The summed E-state index contributed by atoms with van der Waals surface area (Å²) < 4.78 is 33.7. The van der Waals surface area contributed by atoms with Crippen LogP contribution in [0.3, 0.4) is 0 Å². The lowest BCUT2D eigenvalue weighted by Gasteiger charge is -2.23. The van der Waals surface area contributed by atoms with Gasteiger partial charge in [-0.05, 0) is 13.8 Å². The molecular weight excluding hydrogens is 230 g/mol. The van der Waals surface area contributed by atoms with E-state index in [-0.39, 0.29) is 23.7 Å². The molecule has 1 aliphatic heterocycles. The van der Waals surface area contributed by atoms with Crippen molar-refractivity contribution >= 4 is 9.84 Å². The third-order valence-electron chi connectivity index (χ3n) is 2.54. The Balaban J connectivity index is 2.11. The zero-order valence-corrected chi connectivity index (χ0v) is 10.8. The normalized spacial score (nSPS) is 22.6. The Morgan fingerprint density at radius 2 is 2.25 bits per heavy atom. The highest BCUT2D eigenvalue weighted by molar-refractivity contribution is 7.91. The van der Waals surface area contributed by atoms with Gasteiger partial charge in [-0.3, -0.25) is 0 Å². The molecule has 0 aliphatic carbocycles. The molecule has 0 saturated carbocycles. The van der Waals surface area contributed by atoms with E-state index < -0.39 is 9.84 Å². The molecule has 1 aliphatic rings. The first-order valence-corrected chi connectivity index (χ1v) is 7.35. The summed E-state index contributed by atoms with van der Waals surface area (Å²) in [6.45, 7) is 6.42. The van der Waals surface area contributed by atoms with E-state index in [9.17, 15) is 8.42 Å². The predicted molar refractivity (Wildman–Crippen MR) is 62.4 cm³/mol. The molecule has 0 bridgehead atoms. The lowest BCUT2D eigenvalue weighted by molar-refractivity contribution is -0.0283. The Morgan fingerprint density at radius 1 is 1.50 bits per heavy atom. The Labute approximate surface area is 97.4 Å². The fourth-order valence-electron chi connectivity index (χ4n) is 1.35. The van der Waals surface area contributed by atoms with Gasteiger partial charge in [0.2, 0.25) is 0 Å². The van der Waals surface area contributed by atoms with E-state index in [1.165, 1.54) is 0 Å². The molecule has 0 aromatic carbocycles. The molecule has 1 unspecified atom stereocenters. The molecule has 0 spiro atoms. The molecule has 1 rings (SSSR count). The van der Waals surface area contributed by atoms with Gasteiger partial charge in [-0.15, -0.1) is 0 Å². The number of sulfone groups is 1. The molecular formula is C10H21NO4S. The van der Waals surface area contributed by atoms with Gasteiger partial charge >= 0.3 is 0 Å². The quantitative estimate of drug-likeness (QED) is 0.663. The second kappa shape index (κ2) is 6.54. The van der Waals surface area contributed by atoms with E-state index >= 15 is 0 Å². The summed E-state index contributed by atoms with van der Waals surface area (Å²) in [7, 11) is -2.98. The molecule has 6 heteroatoms. The van der Waals surface area contributed by atoms with Crippen LogP contribution in [0.15, 0.2) is 0 Å². The van der Waals surface area contributed by atoms with Gasteiger partial charge in [-0.1, -0.05) is 0 Å². The van der Waals surface area contributed by atoms with Crippen LogP contribution in [-0.4, -0.2) is 58.4 Å². The zero-order chi connectivity index (χ0) is 12.0. The van der Waals surface area contributed by atoms with Crippen molar-refractivity contribution in [2.45, 2.75) is 25.2 Å². The van der Waals surface area contributed by atoms with Crippen LogP contribution in [0.2, 0.25) is 0 Å². The summed E-state index contributed by atoms with van der Waals surface area (Å²) in [4.78, 5) is 0. The Morgan fingerprint density at radius 3 is 2.81 bits per heavy atom. The molecule has 96 valence electrons. The minimum absolute atomic E-state index is 0.0514. The number of hydrogen-bond donors (Lipinski definition) is 1. The third kappa shape index (κ3) is 4.78. The average Bonchev–Trinajstić information content (AvgIpc) is 2.26. The summed E-state index contributed by atoms with van der Waals surface area (Å²) >= 11 is 0. The molecule has 1 atom stereocenters. The smallest absolute Gasteiger partial charge is 0.154 e. The van der Waals surface area contributed by atoms with Crippen LogP contribution >= 0.6 is 0 Å². The third-order valence-corrected chi connectivity index (χ3v) is 4.71. The van der Waals surface area contributed by atoms with Gasteiger partial charge < -0.3 is 14.8 Å². The minimum atomic E-state index is -2.98. The first-order valence-electron chi connectivity index (χ1n) is 5.64. The van der Waals surface area contributed by atoms with Crippen molar-refractivity contribution in [3.63, 3.8) is 0 Å². The van der Waals surface area contributed by atoms with Crippen LogP contribution in [0.25, 0.3) is 0 Å². The first-order chi connectivity index (χ1) is 7.52. The zero-order valence-electron chi connectivity index (χ0n) is 9.94. The van der Waals surface area contributed by atoms with Crippen molar-refractivity contribution in [2.24, 2.45) is 0 Å². The van der Waals surface area contributed by atoms with Crippen LogP contribution < -0.4 is 5.32 Å². The van der Waals surface area contributed by atoms with E-state index in [0.717, 1.165) is 13.1 Å². The van der Waals surface area contributed by atoms with E-state index in [0.29, 0.717) is 13.2 Å². The van der Waals surface area contributed by atoms with Crippen LogP contribution in [0.1, 0.15) is 13.8 Å². The van der Waals surface area contributed by atoms with Crippen molar-refractivity contribution in [1.29, 1.82) is 0 Å². The van der Waals surface area contributed by atoms with Crippen LogP contribution in [-0.2, 0) is 19.3 Å². The highest BCUT2D eigenvalue weighted by Gasteiger charge is 2.17. The van der Waals surface area contributed by atoms with E-state index in [2.05, 4.69) is 5.32 Å². The van der Waals surface area contributed by atoms with Crippen molar-refractivity contribution < 1.29 is 17.9 Å². The molecule has 0 radical (unpaired) electrons. The SMILES string of the molecule is CC(C)S(=O)(=O)CCOCC1CNCCO1. The molecule has 1 fully saturated rings. The summed E-state index contributed by atoms with van der Waals surface area (Å²) in [5.74, 6) is 0.0881. The van der Waals surface area contributed by atoms with Crippen molar-refractivity contribution in [3.05, 3.63) is 0 Å². The largest absolute Gasteiger partial charge is 0.378 e. The number of hydrogen-bond acceptors (Lipinski definition) is 5. The van der Waals surface area contributed by atoms with Gasteiger partial charge in [-0.2, -0.15) is 0 Å². The van der Waals surface area contributed by atoms with E-state index in [1.807, 2.05) is 0 Å². The van der Waals surface area contributed by atoms with Crippen LogP contribution in [0, 0.1) is 0 Å². The molecule has 0 aromatic heterocycles. The molecule has 16 heavy (non-hydrogen) atoms. The van der Waals surface area contributed by atoms with Gasteiger partial charge in [-0.25, -0.2) is 8.42 Å². The van der Waals surface area contributed by atoms with Gasteiger partial charge in [0.1, 0.15) is 0 Å². The molecule has 0 amide bonds. The average molecular weight is 251 g/mol. The number of nitrogens with one attached hydrogen (secondary N) is 1. The number of morpholine rings is 1. The highest BCUT2D eigenvalue weighted by Crippen LogP contribution is 2.01. The topological polar surface area (TPSA) is 64.6 Å². The standard InChI is InChI=1S/C10H21NO4S/c1-9(2)16(12,13)6-5-14-8-10-7-11-3-4-15-10/h9-11H,3-8H2,1-2H3. The number of ether oxygens (including phenoxy) is 2. The molecule has 1 heterocycles. The maximum Gasteiger partial charge on any atom is 0.154 e. The second-order valence-corrected chi connectivity index (χ2v) is 6.86. The van der Waals surface area contributed by atoms with Crippen molar-refractivity contribution in [1.82, 2.24) is 5.32 Å². The fourth-order valence-corrected chi connectivity index (χ4v) is 2.17. The molecule has 1 saturated heterocycles.